The Morgan fingerprint density at radius 2 is 2.04 bits per heavy atom. The summed E-state index contributed by atoms with van der Waals surface area (Å²) in [5, 5.41) is 11.5. The fourth-order valence-electron chi connectivity index (χ4n) is 4.19. The van der Waals surface area contributed by atoms with Crippen molar-refractivity contribution in [3.8, 4) is 0 Å². The van der Waals surface area contributed by atoms with E-state index in [1.807, 2.05) is 0 Å². The number of carbonyl (C=O) groups excluding carboxylic acids is 1. The highest BCUT2D eigenvalue weighted by Crippen LogP contribution is 2.50. The van der Waals surface area contributed by atoms with Crippen molar-refractivity contribution in [3.05, 3.63) is 35.7 Å². The Balaban J connectivity index is 1.40. The molecule has 2 aromatic heterocycles. The lowest BCUT2D eigenvalue weighted by Crippen LogP contribution is -2.61. The summed E-state index contributed by atoms with van der Waals surface area (Å²) in [6, 6.07) is 1.62. The Morgan fingerprint density at radius 3 is 2.68 bits per heavy atom. The Labute approximate surface area is 162 Å². The molecule has 1 amide bonds. The van der Waals surface area contributed by atoms with E-state index in [2.05, 4.69) is 20.3 Å². The van der Waals surface area contributed by atoms with Crippen LogP contribution in [0, 0.1) is 5.41 Å². The van der Waals surface area contributed by atoms with Gasteiger partial charge in [0.2, 0.25) is 15.9 Å². The lowest BCUT2D eigenvalue weighted by atomic mass is 9.71. The summed E-state index contributed by atoms with van der Waals surface area (Å²) in [5.74, 6) is 1.19. The smallest absolute Gasteiger partial charge is 0.255 e. The zero-order chi connectivity index (χ0) is 19.5. The molecule has 10 nitrogen and oxygen atoms in total. The summed E-state index contributed by atoms with van der Waals surface area (Å²) in [4.78, 5) is 18.9. The molecule has 3 aliphatic rings. The van der Waals surface area contributed by atoms with Gasteiger partial charge in [0.05, 0.1) is 30.1 Å². The van der Waals surface area contributed by atoms with Gasteiger partial charge in [-0.15, -0.1) is 0 Å². The van der Waals surface area contributed by atoms with E-state index in [0.717, 1.165) is 12.8 Å². The molecule has 1 unspecified atom stereocenters. The van der Waals surface area contributed by atoms with E-state index in [-0.39, 0.29) is 11.8 Å². The predicted octanol–water partition coefficient (Wildman–Crippen LogP) is 0.238. The maximum Gasteiger partial charge on any atom is 0.255 e. The molecular weight excluding hydrogens is 384 g/mol. The Morgan fingerprint density at radius 1 is 1.25 bits per heavy atom. The van der Waals surface area contributed by atoms with Crippen molar-refractivity contribution in [1.82, 2.24) is 29.5 Å². The number of carbonyl (C=O) groups is 1. The molecule has 4 heterocycles. The number of nitrogens with zero attached hydrogens (tertiary/aromatic N) is 6. The number of hydrogen-bond donors (Lipinski definition) is 0. The van der Waals surface area contributed by atoms with Gasteiger partial charge < -0.3 is 9.42 Å². The minimum atomic E-state index is -3.36. The van der Waals surface area contributed by atoms with Crippen molar-refractivity contribution in [3.63, 3.8) is 0 Å². The van der Waals surface area contributed by atoms with Gasteiger partial charge in [-0.2, -0.15) is 15.2 Å². The highest BCUT2D eigenvalue weighted by molar-refractivity contribution is 7.88. The van der Waals surface area contributed by atoms with Crippen LogP contribution in [0.4, 0.5) is 0 Å². The van der Waals surface area contributed by atoms with Crippen molar-refractivity contribution in [1.29, 1.82) is 0 Å². The molecule has 11 heteroatoms. The summed E-state index contributed by atoms with van der Waals surface area (Å²) in [7, 11) is -3.36. The van der Waals surface area contributed by atoms with Crippen molar-refractivity contribution >= 4 is 15.9 Å². The zero-order valence-electron chi connectivity index (χ0n) is 15.4. The van der Waals surface area contributed by atoms with E-state index in [1.54, 1.807) is 11.0 Å². The molecule has 0 N–H and O–H groups in total. The number of amides is 1. The maximum absolute atomic E-state index is 12.7. The van der Waals surface area contributed by atoms with Crippen LogP contribution in [0.3, 0.4) is 0 Å². The summed E-state index contributed by atoms with van der Waals surface area (Å²) in [6.07, 6.45) is 6.24. The molecule has 0 radical (unpaired) electrons. The molecule has 0 bridgehead atoms. The number of aromatic nitrogens is 4. The Bertz CT molecular complexity index is 1010. The third-order valence-electron chi connectivity index (χ3n) is 5.91. The molecule has 28 heavy (non-hydrogen) atoms. The Hall–Kier alpha value is -2.40. The summed E-state index contributed by atoms with van der Waals surface area (Å²) >= 11 is 0. The minimum Gasteiger partial charge on any atom is -0.339 e. The van der Waals surface area contributed by atoms with Crippen molar-refractivity contribution in [2.45, 2.75) is 24.7 Å². The molecule has 1 atom stereocenters. The van der Waals surface area contributed by atoms with Crippen molar-refractivity contribution in [2.24, 2.45) is 5.41 Å². The number of sulfonamides is 1. The Kier molecular flexibility index (Phi) is 3.82. The lowest BCUT2D eigenvalue weighted by molar-refractivity contribution is 0.00127. The second-order valence-electron chi connectivity index (χ2n) is 8.03. The van der Waals surface area contributed by atoms with Gasteiger partial charge in [-0.1, -0.05) is 5.16 Å². The first-order valence-electron chi connectivity index (χ1n) is 9.20. The monoisotopic (exact) mass is 404 g/mol. The number of rotatable bonds is 4. The van der Waals surface area contributed by atoms with Crippen molar-refractivity contribution < 1.29 is 17.7 Å². The van der Waals surface area contributed by atoms with Crippen LogP contribution in [0.1, 0.15) is 46.8 Å². The zero-order valence-corrected chi connectivity index (χ0v) is 16.2. The molecule has 0 aromatic carbocycles. The average molecular weight is 404 g/mol. The van der Waals surface area contributed by atoms with Crippen LogP contribution in [0.15, 0.2) is 23.0 Å². The van der Waals surface area contributed by atoms with Gasteiger partial charge in [-0.25, -0.2) is 12.7 Å². The van der Waals surface area contributed by atoms with Gasteiger partial charge in [0, 0.05) is 37.5 Å². The van der Waals surface area contributed by atoms with Crippen LogP contribution in [0.25, 0.3) is 0 Å². The molecule has 1 spiro atoms. The quantitative estimate of drug-likeness (QED) is 0.710. The minimum absolute atomic E-state index is 0.138. The highest BCUT2D eigenvalue weighted by atomic mass is 32.2. The van der Waals surface area contributed by atoms with Crippen molar-refractivity contribution in [2.75, 3.05) is 32.4 Å². The van der Waals surface area contributed by atoms with Crippen LogP contribution in [-0.4, -0.2) is 76.3 Å². The predicted molar refractivity (Wildman–Crippen MR) is 95.8 cm³/mol. The first-order chi connectivity index (χ1) is 13.4. The van der Waals surface area contributed by atoms with Crippen LogP contribution < -0.4 is 0 Å². The first-order valence-corrected chi connectivity index (χ1v) is 11.1. The standard InChI is InChI=1S/C17H20N6O4S/c1-28(25,26)23-7-13(15-20-14(21-27-15)11-2-3-11)17(10-23)8-22(9-17)16(24)12-4-5-18-19-6-12/h4-6,11,13H,2-3,7-10H2,1H3. The fourth-order valence-corrected chi connectivity index (χ4v) is 5.10. The summed E-state index contributed by atoms with van der Waals surface area (Å²) in [6.45, 7) is 1.51. The summed E-state index contributed by atoms with van der Waals surface area (Å²) in [5.41, 5.74) is 0.0557. The van der Waals surface area contributed by atoms with E-state index in [0.29, 0.717) is 49.4 Å². The first kappa shape index (κ1) is 17.7. The van der Waals surface area contributed by atoms with E-state index in [1.165, 1.54) is 23.0 Å². The van der Waals surface area contributed by atoms with Gasteiger partial charge in [-0.3, -0.25) is 4.79 Å². The van der Waals surface area contributed by atoms with Crippen LogP contribution in [0.5, 0.6) is 0 Å². The van der Waals surface area contributed by atoms with E-state index in [4.69, 9.17) is 4.52 Å². The van der Waals surface area contributed by atoms with Crippen LogP contribution in [0.2, 0.25) is 0 Å². The third-order valence-corrected chi connectivity index (χ3v) is 7.13. The van der Waals surface area contributed by atoms with E-state index >= 15 is 0 Å². The topological polar surface area (TPSA) is 122 Å². The second kappa shape index (κ2) is 6.05. The van der Waals surface area contributed by atoms with E-state index in [9.17, 15) is 13.2 Å². The second-order valence-corrected chi connectivity index (χ2v) is 10.0. The van der Waals surface area contributed by atoms with Crippen LogP contribution in [-0.2, 0) is 10.0 Å². The van der Waals surface area contributed by atoms with Gasteiger partial charge >= 0.3 is 0 Å². The van der Waals surface area contributed by atoms with Gasteiger partial charge in [-0.05, 0) is 18.9 Å². The van der Waals surface area contributed by atoms with Gasteiger partial charge in [0.1, 0.15) is 0 Å². The normalized spacial score (nSPS) is 24.5. The molecule has 148 valence electrons. The molecule has 3 fully saturated rings. The molecular formula is C17H20N6O4S. The molecule has 1 saturated carbocycles. The van der Waals surface area contributed by atoms with Gasteiger partial charge in [0.15, 0.2) is 5.82 Å². The molecule has 2 aromatic rings. The summed E-state index contributed by atoms with van der Waals surface area (Å²) < 4.78 is 31.3. The number of hydrogen-bond acceptors (Lipinski definition) is 8. The molecule has 5 rings (SSSR count). The lowest BCUT2D eigenvalue weighted by Gasteiger charge is -2.50. The van der Waals surface area contributed by atoms with Gasteiger partial charge in [0.25, 0.3) is 5.91 Å². The molecule has 2 aliphatic heterocycles. The number of likely N-dealkylation sites (tertiary alicyclic amines) is 1. The molecule has 2 saturated heterocycles. The molecule has 1 aliphatic carbocycles. The average Bonchev–Trinajstić information content (AvgIpc) is 3.22. The SMILES string of the molecule is CS(=O)(=O)N1CC(c2nc(C3CC3)no2)C2(CN(C(=O)c3ccnnc3)C2)C1. The van der Waals surface area contributed by atoms with Crippen LogP contribution >= 0.6 is 0 Å². The maximum atomic E-state index is 12.7. The highest BCUT2D eigenvalue weighted by Gasteiger charge is 2.59. The third kappa shape index (κ3) is 2.89. The van der Waals surface area contributed by atoms with E-state index < -0.39 is 15.4 Å². The largest absolute Gasteiger partial charge is 0.339 e. The fraction of sp³-hybridized carbons (Fsp3) is 0.588.